The average Bonchev–Trinajstić information content (AvgIpc) is 2.47. The van der Waals surface area contributed by atoms with E-state index in [0.29, 0.717) is 28.1 Å². The predicted molar refractivity (Wildman–Crippen MR) is 89.8 cm³/mol. The first kappa shape index (κ1) is 15.5. The van der Waals surface area contributed by atoms with E-state index in [1.54, 1.807) is 18.2 Å². The SMILES string of the molecule is C=C(N)c1cccc(C)c1C(=N)/C=C(\N)c1ccc(F)cc1. The van der Waals surface area contributed by atoms with Crippen molar-refractivity contribution in [3.05, 3.63) is 83.2 Å². The third-order valence-electron chi connectivity index (χ3n) is 3.37. The van der Waals surface area contributed by atoms with Crippen LogP contribution in [0.4, 0.5) is 4.39 Å². The predicted octanol–water partition coefficient (Wildman–Crippen LogP) is 3.43. The summed E-state index contributed by atoms with van der Waals surface area (Å²) in [5.74, 6) is -0.327. The van der Waals surface area contributed by atoms with Crippen LogP contribution in [0.5, 0.6) is 0 Å². The van der Waals surface area contributed by atoms with E-state index in [0.717, 1.165) is 5.56 Å². The van der Waals surface area contributed by atoms with Gasteiger partial charge in [0.15, 0.2) is 0 Å². The van der Waals surface area contributed by atoms with Crippen molar-refractivity contribution in [2.45, 2.75) is 6.92 Å². The lowest BCUT2D eigenvalue weighted by Crippen LogP contribution is -2.09. The summed E-state index contributed by atoms with van der Waals surface area (Å²) >= 11 is 0. The third kappa shape index (κ3) is 3.23. The summed E-state index contributed by atoms with van der Waals surface area (Å²) in [5, 5.41) is 8.30. The van der Waals surface area contributed by atoms with E-state index in [1.807, 2.05) is 25.1 Å². The van der Waals surface area contributed by atoms with E-state index in [2.05, 4.69) is 6.58 Å². The topological polar surface area (TPSA) is 75.9 Å². The van der Waals surface area contributed by atoms with Gasteiger partial charge in [-0.05, 0) is 36.3 Å². The molecule has 5 N–H and O–H groups in total. The Bertz CT molecular complexity index is 758. The maximum absolute atomic E-state index is 12.9. The minimum absolute atomic E-state index is 0.238. The molecule has 0 heterocycles. The van der Waals surface area contributed by atoms with Crippen LogP contribution in [-0.2, 0) is 0 Å². The summed E-state index contributed by atoms with van der Waals surface area (Å²) in [6.07, 6.45) is 1.54. The summed E-state index contributed by atoms with van der Waals surface area (Å²) in [5.41, 5.74) is 15.8. The number of aryl methyl sites for hydroxylation is 1. The highest BCUT2D eigenvalue weighted by Gasteiger charge is 2.11. The van der Waals surface area contributed by atoms with Gasteiger partial charge in [-0.15, -0.1) is 0 Å². The van der Waals surface area contributed by atoms with Gasteiger partial charge in [0, 0.05) is 22.5 Å². The Labute approximate surface area is 129 Å². The number of nitrogens with one attached hydrogen (secondary N) is 1. The smallest absolute Gasteiger partial charge is 0.123 e. The van der Waals surface area contributed by atoms with Crippen LogP contribution in [0, 0.1) is 18.2 Å². The van der Waals surface area contributed by atoms with Crippen LogP contribution in [0.15, 0.2) is 55.1 Å². The molecule has 112 valence electrons. The summed E-state index contributed by atoms with van der Waals surface area (Å²) in [7, 11) is 0. The highest BCUT2D eigenvalue weighted by Crippen LogP contribution is 2.21. The summed E-state index contributed by atoms with van der Waals surface area (Å²) in [6.45, 7) is 5.65. The lowest BCUT2D eigenvalue weighted by Gasteiger charge is -2.12. The largest absolute Gasteiger partial charge is 0.399 e. The van der Waals surface area contributed by atoms with Crippen molar-refractivity contribution in [2.75, 3.05) is 0 Å². The summed E-state index contributed by atoms with van der Waals surface area (Å²) in [4.78, 5) is 0. The second-order valence-electron chi connectivity index (χ2n) is 5.04. The molecule has 2 aromatic rings. The van der Waals surface area contributed by atoms with Gasteiger partial charge in [0.2, 0.25) is 0 Å². The van der Waals surface area contributed by atoms with Crippen LogP contribution in [0.3, 0.4) is 0 Å². The molecule has 0 atom stereocenters. The first-order valence-corrected chi connectivity index (χ1v) is 6.76. The van der Waals surface area contributed by atoms with Crippen molar-refractivity contribution in [1.82, 2.24) is 0 Å². The van der Waals surface area contributed by atoms with Gasteiger partial charge < -0.3 is 16.9 Å². The van der Waals surface area contributed by atoms with Crippen molar-refractivity contribution in [1.29, 1.82) is 5.41 Å². The van der Waals surface area contributed by atoms with Gasteiger partial charge in [-0.2, -0.15) is 0 Å². The quantitative estimate of drug-likeness (QED) is 0.756. The Balaban J connectivity index is 2.42. The molecule has 0 unspecified atom stereocenters. The maximum Gasteiger partial charge on any atom is 0.123 e. The monoisotopic (exact) mass is 295 g/mol. The standard InChI is InChI=1S/C18H18FN3/c1-11-4-3-5-15(12(2)20)18(11)17(22)10-16(21)13-6-8-14(19)9-7-13/h3-10,22H,2,20-21H2,1H3/b16-10-,22-17?. The van der Waals surface area contributed by atoms with Gasteiger partial charge in [-0.1, -0.05) is 36.9 Å². The van der Waals surface area contributed by atoms with Gasteiger partial charge in [-0.3, -0.25) is 0 Å². The number of allylic oxidation sites excluding steroid dienone is 1. The molecule has 0 bridgehead atoms. The normalized spacial score (nSPS) is 11.3. The Morgan fingerprint density at radius 2 is 1.77 bits per heavy atom. The minimum Gasteiger partial charge on any atom is -0.399 e. The fourth-order valence-electron chi connectivity index (χ4n) is 2.25. The molecule has 0 radical (unpaired) electrons. The third-order valence-corrected chi connectivity index (χ3v) is 3.37. The molecule has 0 aromatic heterocycles. The highest BCUT2D eigenvalue weighted by molar-refractivity contribution is 6.13. The molecule has 0 saturated heterocycles. The Morgan fingerprint density at radius 3 is 2.36 bits per heavy atom. The second-order valence-corrected chi connectivity index (χ2v) is 5.04. The van der Waals surface area contributed by atoms with Crippen molar-refractivity contribution in [2.24, 2.45) is 11.5 Å². The summed E-state index contributed by atoms with van der Waals surface area (Å²) < 4.78 is 12.9. The van der Waals surface area contributed by atoms with E-state index in [4.69, 9.17) is 16.9 Å². The van der Waals surface area contributed by atoms with E-state index in [9.17, 15) is 4.39 Å². The highest BCUT2D eigenvalue weighted by atomic mass is 19.1. The molecule has 0 amide bonds. The number of hydrogen-bond donors (Lipinski definition) is 3. The Morgan fingerprint density at radius 1 is 1.14 bits per heavy atom. The van der Waals surface area contributed by atoms with Crippen LogP contribution >= 0.6 is 0 Å². The van der Waals surface area contributed by atoms with Crippen molar-refractivity contribution >= 4 is 17.1 Å². The van der Waals surface area contributed by atoms with Crippen LogP contribution in [-0.4, -0.2) is 5.71 Å². The van der Waals surface area contributed by atoms with Crippen LogP contribution < -0.4 is 11.5 Å². The molecule has 22 heavy (non-hydrogen) atoms. The molecule has 0 aliphatic carbocycles. The zero-order valence-corrected chi connectivity index (χ0v) is 12.4. The molecule has 0 aliphatic rings. The zero-order chi connectivity index (χ0) is 16.3. The molecular weight excluding hydrogens is 277 g/mol. The average molecular weight is 295 g/mol. The van der Waals surface area contributed by atoms with Crippen molar-refractivity contribution in [3.8, 4) is 0 Å². The van der Waals surface area contributed by atoms with E-state index >= 15 is 0 Å². The number of nitrogens with two attached hydrogens (primary N) is 2. The Hall–Kier alpha value is -2.88. The van der Waals surface area contributed by atoms with E-state index < -0.39 is 0 Å². The maximum atomic E-state index is 12.9. The van der Waals surface area contributed by atoms with E-state index in [1.165, 1.54) is 12.1 Å². The molecular formula is C18H18FN3. The van der Waals surface area contributed by atoms with Crippen LogP contribution in [0.25, 0.3) is 11.4 Å². The fourth-order valence-corrected chi connectivity index (χ4v) is 2.25. The molecule has 0 saturated carbocycles. The summed E-state index contributed by atoms with van der Waals surface area (Å²) in [6, 6.07) is 11.4. The van der Waals surface area contributed by atoms with Crippen LogP contribution in [0.2, 0.25) is 0 Å². The van der Waals surface area contributed by atoms with Crippen molar-refractivity contribution in [3.63, 3.8) is 0 Å². The lowest BCUT2D eigenvalue weighted by molar-refractivity contribution is 0.627. The molecule has 2 aromatic carbocycles. The molecule has 2 rings (SSSR count). The number of halogens is 1. The van der Waals surface area contributed by atoms with Crippen molar-refractivity contribution < 1.29 is 4.39 Å². The van der Waals surface area contributed by atoms with Crippen LogP contribution in [0.1, 0.15) is 22.3 Å². The molecule has 4 heteroatoms. The number of hydrogen-bond acceptors (Lipinski definition) is 3. The lowest BCUT2D eigenvalue weighted by atomic mass is 9.95. The molecule has 0 spiro atoms. The van der Waals surface area contributed by atoms with Gasteiger partial charge in [0.05, 0.1) is 5.71 Å². The second kappa shape index (κ2) is 6.26. The van der Waals surface area contributed by atoms with Gasteiger partial charge in [0.25, 0.3) is 0 Å². The molecule has 0 aliphatic heterocycles. The fraction of sp³-hybridized carbons (Fsp3) is 0.0556. The first-order chi connectivity index (χ1) is 10.4. The Kier molecular flexibility index (Phi) is 4.41. The molecule has 0 fully saturated rings. The zero-order valence-electron chi connectivity index (χ0n) is 12.4. The number of rotatable bonds is 4. The molecule has 3 nitrogen and oxygen atoms in total. The van der Waals surface area contributed by atoms with E-state index in [-0.39, 0.29) is 11.5 Å². The minimum atomic E-state index is -0.327. The number of benzene rings is 2. The van der Waals surface area contributed by atoms with Gasteiger partial charge >= 0.3 is 0 Å². The van der Waals surface area contributed by atoms with Gasteiger partial charge in [0.1, 0.15) is 5.82 Å². The first-order valence-electron chi connectivity index (χ1n) is 6.76. The van der Waals surface area contributed by atoms with Gasteiger partial charge in [-0.25, -0.2) is 4.39 Å².